The van der Waals surface area contributed by atoms with Gasteiger partial charge < -0.3 is 25.0 Å². The third kappa shape index (κ3) is 5.73. The SMILES string of the molecule is COc1cccc(NC(=O)CN(C)C(=O)CNC(=O)c2ccccc2OC)c1. The van der Waals surface area contributed by atoms with Crippen LogP contribution in [0.1, 0.15) is 10.4 Å². The standard InChI is InChI=1S/C20H23N3O5/c1-23(13-18(24)22-14-7-6-8-15(11-14)27-2)19(25)12-21-20(26)16-9-4-5-10-17(16)28-3/h4-11H,12-13H2,1-3H3,(H,21,26)(H,22,24). The summed E-state index contributed by atoms with van der Waals surface area (Å²) in [5, 5.41) is 5.23. The number of likely N-dealkylation sites (N-methyl/N-ethyl adjacent to an activating group) is 1. The van der Waals surface area contributed by atoms with Gasteiger partial charge in [-0.25, -0.2) is 0 Å². The molecule has 148 valence electrons. The highest BCUT2D eigenvalue weighted by molar-refractivity contribution is 5.99. The van der Waals surface area contributed by atoms with E-state index >= 15 is 0 Å². The van der Waals surface area contributed by atoms with Crippen LogP contribution in [0.3, 0.4) is 0 Å². The van der Waals surface area contributed by atoms with Crippen molar-refractivity contribution in [3.05, 3.63) is 54.1 Å². The predicted molar refractivity (Wildman–Crippen MR) is 105 cm³/mol. The number of hydrogen-bond donors (Lipinski definition) is 2. The highest BCUT2D eigenvalue weighted by Gasteiger charge is 2.16. The molecule has 0 spiro atoms. The van der Waals surface area contributed by atoms with Crippen LogP contribution in [-0.2, 0) is 9.59 Å². The van der Waals surface area contributed by atoms with Gasteiger partial charge in [0, 0.05) is 18.8 Å². The van der Waals surface area contributed by atoms with Gasteiger partial charge in [0.15, 0.2) is 0 Å². The first-order chi connectivity index (χ1) is 13.4. The first-order valence-electron chi connectivity index (χ1n) is 8.53. The average molecular weight is 385 g/mol. The quantitative estimate of drug-likeness (QED) is 0.718. The zero-order chi connectivity index (χ0) is 20.5. The molecule has 0 aliphatic heterocycles. The number of nitrogens with one attached hydrogen (secondary N) is 2. The first-order valence-corrected chi connectivity index (χ1v) is 8.53. The van der Waals surface area contributed by atoms with E-state index in [1.165, 1.54) is 26.2 Å². The number of ether oxygens (including phenoxy) is 2. The van der Waals surface area contributed by atoms with Crippen molar-refractivity contribution in [2.75, 3.05) is 39.7 Å². The van der Waals surface area contributed by atoms with Gasteiger partial charge in [0.05, 0.1) is 32.9 Å². The molecule has 8 heteroatoms. The van der Waals surface area contributed by atoms with E-state index in [0.717, 1.165) is 0 Å². The Bertz CT molecular complexity index is 853. The minimum Gasteiger partial charge on any atom is -0.497 e. The van der Waals surface area contributed by atoms with Gasteiger partial charge >= 0.3 is 0 Å². The van der Waals surface area contributed by atoms with Crippen LogP contribution >= 0.6 is 0 Å². The predicted octanol–water partition coefficient (Wildman–Crippen LogP) is 1.53. The average Bonchev–Trinajstić information content (AvgIpc) is 2.71. The lowest BCUT2D eigenvalue weighted by atomic mass is 10.2. The Balaban J connectivity index is 1.85. The van der Waals surface area contributed by atoms with E-state index in [-0.39, 0.29) is 19.0 Å². The third-order valence-electron chi connectivity index (χ3n) is 3.91. The zero-order valence-corrected chi connectivity index (χ0v) is 16.0. The van der Waals surface area contributed by atoms with Gasteiger partial charge in [0.2, 0.25) is 11.8 Å². The van der Waals surface area contributed by atoms with Crippen molar-refractivity contribution in [2.45, 2.75) is 0 Å². The lowest BCUT2D eigenvalue weighted by molar-refractivity contribution is -0.132. The van der Waals surface area contributed by atoms with Gasteiger partial charge in [0.1, 0.15) is 11.5 Å². The summed E-state index contributed by atoms with van der Waals surface area (Å²) in [6, 6.07) is 13.6. The molecule has 2 aromatic carbocycles. The fourth-order valence-electron chi connectivity index (χ4n) is 2.42. The molecule has 0 radical (unpaired) electrons. The summed E-state index contributed by atoms with van der Waals surface area (Å²) in [5.74, 6) is -0.163. The van der Waals surface area contributed by atoms with Crippen LogP contribution in [-0.4, -0.2) is 57.0 Å². The summed E-state index contributed by atoms with van der Waals surface area (Å²) in [6.45, 7) is -0.388. The van der Waals surface area contributed by atoms with Crippen LogP contribution in [0.25, 0.3) is 0 Å². The molecular weight excluding hydrogens is 362 g/mol. The molecule has 0 aromatic heterocycles. The summed E-state index contributed by atoms with van der Waals surface area (Å²) in [6.07, 6.45) is 0. The first kappa shape index (κ1) is 20.8. The smallest absolute Gasteiger partial charge is 0.255 e. The number of rotatable bonds is 8. The Morgan fingerprint density at radius 3 is 2.46 bits per heavy atom. The van der Waals surface area contributed by atoms with Gasteiger partial charge in [-0.2, -0.15) is 0 Å². The number of carbonyl (C=O) groups excluding carboxylic acids is 3. The second-order valence-corrected chi connectivity index (χ2v) is 5.91. The van der Waals surface area contributed by atoms with Gasteiger partial charge in [-0.05, 0) is 24.3 Å². The van der Waals surface area contributed by atoms with E-state index in [9.17, 15) is 14.4 Å². The minimum atomic E-state index is -0.431. The molecule has 2 N–H and O–H groups in total. The molecule has 0 fully saturated rings. The number of para-hydroxylation sites is 1. The van der Waals surface area contributed by atoms with Crippen LogP contribution in [0.15, 0.2) is 48.5 Å². The van der Waals surface area contributed by atoms with Crippen molar-refractivity contribution in [3.63, 3.8) is 0 Å². The fraction of sp³-hybridized carbons (Fsp3) is 0.250. The van der Waals surface area contributed by atoms with E-state index < -0.39 is 11.8 Å². The van der Waals surface area contributed by atoms with Crippen molar-refractivity contribution in [1.29, 1.82) is 0 Å². The number of nitrogens with zero attached hydrogens (tertiary/aromatic N) is 1. The van der Waals surface area contributed by atoms with Crippen molar-refractivity contribution < 1.29 is 23.9 Å². The molecule has 8 nitrogen and oxygen atoms in total. The maximum atomic E-state index is 12.2. The normalized spacial score (nSPS) is 9.96. The molecule has 3 amide bonds. The second-order valence-electron chi connectivity index (χ2n) is 5.91. The second kappa shape index (κ2) is 9.96. The van der Waals surface area contributed by atoms with E-state index in [0.29, 0.717) is 22.7 Å². The maximum absolute atomic E-state index is 12.2. The highest BCUT2D eigenvalue weighted by atomic mass is 16.5. The van der Waals surface area contributed by atoms with E-state index in [4.69, 9.17) is 9.47 Å². The number of amides is 3. The summed E-state index contributed by atoms with van der Waals surface area (Å²) in [4.78, 5) is 37.8. The van der Waals surface area contributed by atoms with Crippen molar-refractivity contribution in [1.82, 2.24) is 10.2 Å². The van der Waals surface area contributed by atoms with Crippen molar-refractivity contribution in [2.24, 2.45) is 0 Å². The van der Waals surface area contributed by atoms with Gasteiger partial charge in [-0.1, -0.05) is 18.2 Å². The third-order valence-corrected chi connectivity index (χ3v) is 3.91. The lowest BCUT2D eigenvalue weighted by Gasteiger charge is -2.17. The van der Waals surface area contributed by atoms with Crippen LogP contribution < -0.4 is 20.1 Å². The van der Waals surface area contributed by atoms with E-state index in [2.05, 4.69) is 10.6 Å². The van der Waals surface area contributed by atoms with Crippen LogP contribution in [0.2, 0.25) is 0 Å². The molecule has 0 bridgehead atoms. The number of anilines is 1. The maximum Gasteiger partial charge on any atom is 0.255 e. The van der Waals surface area contributed by atoms with Gasteiger partial charge in [-0.15, -0.1) is 0 Å². The molecule has 0 aliphatic carbocycles. The number of carbonyl (C=O) groups is 3. The number of benzene rings is 2. The Morgan fingerprint density at radius 1 is 1.00 bits per heavy atom. The minimum absolute atomic E-state index is 0.152. The molecule has 28 heavy (non-hydrogen) atoms. The molecule has 0 atom stereocenters. The molecular formula is C20H23N3O5. The zero-order valence-electron chi connectivity index (χ0n) is 16.0. The lowest BCUT2D eigenvalue weighted by Crippen LogP contribution is -2.41. The summed E-state index contributed by atoms with van der Waals surface area (Å²) < 4.78 is 10.2. The van der Waals surface area contributed by atoms with Crippen molar-refractivity contribution in [3.8, 4) is 11.5 Å². The van der Waals surface area contributed by atoms with Gasteiger partial charge in [0.25, 0.3) is 5.91 Å². The van der Waals surface area contributed by atoms with Crippen LogP contribution in [0, 0.1) is 0 Å². The van der Waals surface area contributed by atoms with E-state index in [1.807, 2.05) is 0 Å². The number of hydrogen-bond acceptors (Lipinski definition) is 5. The van der Waals surface area contributed by atoms with Crippen LogP contribution in [0.5, 0.6) is 11.5 Å². The topological polar surface area (TPSA) is 97.0 Å². The highest BCUT2D eigenvalue weighted by Crippen LogP contribution is 2.17. The molecule has 0 heterocycles. The Kier molecular flexibility index (Phi) is 7.38. The summed E-state index contributed by atoms with van der Waals surface area (Å²) in [7, 11) is 4.49. The molecule has 2 aromatic rings. The summed E-state index contributed by atoms with van der Waals surface area (Å²) in [5.41, 5.74) is 0.894. The molecule has 0 aliphatic rings. The largest absolute Gasteiger partial charge is 0.497 e. The van der Waals surface area contributed by atoms with Crippen molar-refractivity contribution >= 4 is 23.4 Å². The molecule has 0 saturated heterocycles. The Labute approximate surface area is 163 Å². The molecule has 2 rings (SSSR count). The van der Waals surface area contributed by atoms with E-state index in [1.54, 1.807) is 48.5 Å². The van der Waals surface area contributed by atoms with Crippen LogP contribution in [0.4, 0.5) is 5.69 Å². The van der Waals surface area contributed by atoms with Gasteiger partial charge in [-0.3, -0.25) is 14.4 Å². The summed E-state index contributed by atoms with van der Waals surface area (Å²) >= 11 is 0. The fourth-order valence-corrected chi connectivity index (χ4v) is 2.42. The molecule has 0 unspecified atom stereocenters. The molecule has 0 saturated carbocycles. The monoisotopic (exact) mass is 385 g/mol. The number of methoxy groups -OCH3 is 2. The Hall–Kier alpha value is -3.55. The Morgan fingerprint density at radius 2 is 1.75 bits per heavy atom.